The van der Waals surface area contributed by atoms with Gasteiger partial charge in [0.2, 0.25) is 5.91 Å². The zero-order valence-corrected chi connectivity index (χ0v) is 11.6. The molecule has 1 N–H and O–H groups in total. The van der Waals surface area contributed by atoms with Gasteiger partial charge in [-0.25, -0.2) is 0 Å². The third kappa shape index (κ3) is 4.18. The van der Waals surface area contributed by atoms with Gasteiger partial charge in [-0.1, -0.05) is 6.42 Å². The van der Waals surface area contributed by atoms with Crippen molar-refractivity contribution in [2.75, 3.05) is 32.4 Å². The van der Waals surface area contributed by atoms with E-state index in [2.05, 4.69) is 5.32 Å². The maximum atomic E-state index is 12.0. The molecule has 0 aromatic rings. The minimum absolute atomic E-state index is 0.320. The van der Waals surface area contributed by atoms with Crippen molar-refractivity contribution in [2.45, 2.75) is 37.4 Å². The number of nitrogens with one attached hydrogen (secondary N) is 1. The number of rotatable bonds is 5. The quantitative estimate of drug-likeness (QED) is 0.813. The fourth-order valence-corrected chi connectivity index (χ4v) is 3.59. The lowest BCUT2D eigenvalue weighted by molar-refractivity contribution is -0.128. The summed E-state index contributed by atoms with van der Waals surface area (Å²) in [5.41, 5.74) is 0. The van der Waals surface area contributed by atoms with E-state index in [1.54, 1.807) is 0 Å². The predicted octanol–water partition coefficient (Wildman–Crippen LogP) is 1.73. The Kier molecular flexibility index (Phi) is 5.16. The van der Waals surface area contributed by atoms with E-state index in [4.69, 9.17) is 0 Å². The first-order valence-corrected chi connectivity index (χ1v) is 7.87. The normalized spacial score (nSPS) is 22.2. The van der Waals surface area contributed by atoms with Gasteiger partial charge in [0.1, 0.15) is 0 Å². The molecule has 0 bridgehead atoms. The van der Waals surface area contributed by atoms with Gasteiger partial charge in [0, 0.05) is 18.8 Å². The molecule has 1 aliphatic heterocycles. The number of hydrogen-bond donors (Lipinski definition) is 1. The molecule has 0 radical (unpaired) electrons. The molecule has 0 unspecified atom stereocenters. The summed E-state index contributed by atoms with van der Waals surface area (Å²) in [6, 6.07) is 0. The van der Waals surface area contributed by atoms with Gasteiger partial charge in [0.15, 0.2) is 0 Å². The smallest absolute Gasteiger partial charge is 0.232 e. The topological polar surface area (TPSA) is 32.3 Å². The highest BCUT2D eigenvalue weighted by Crippen LogP contribution is 2.27. The Balaban J connectivity index is 1.61. The molecule has 2 aliphatic rings. The van der Waals surface area contributed by atoms with Crippen molar-refractivity contribution in [3.8, 4) is 0 Å². The van der Waals surface area contributed by atoms with Crippen LogP contribution in [0.25, 0.3) is 0 Å². The second-order valence-corrected chi connectivity index (χ2v) is 6.62. The highest BCUT2D eigenvalue weighted by molar-refractivity contribution is 8.00. The summed E-state index contributed by atoms with van der Waals surface area (Å²) in [5.74, 6) is 1.78. The maximum Gasteiger partial charge on any atom is 0.232 e. The Morgan fingerprint density at radius 1 is 1.29 bits per heavy atom. The van der Waals surface area contributed by atoms with Crippen LogP contribution in [0.3, 0.4) is 0 Å². The van der Waals surface area contributed by atoms with Crippen LogP contribution >= 0.6 is 11.8 Å². The highest BCUT2D eigenvalue weighted by atomic mass is 32.2. The molecule has 1 aliphatic carbocycles. The molecule has 0 atom stereocenters. The lowest BCUT2D eigenvalue weighted by Gasteiger charge is -2.30. The lowest BCUT2D eigenvalue weighted by Crippen LogP contribution is -2.36. The third-order valence-corrected chi connectivity index (χ3v) is 5.27. The SMILES string of the molecule is CN(CC1CCC1)C(=O)CSC1CCNCC1. The number of nitrogens with zero attached hydrogens (tertiary/aromatic N) is 1. The van der Waals surface area contributed by atoms with Crippen LogP contribution in [-0.2, 0) is 4.79 Å². The fraction of sp³-hybridized carbons (Fsp3) is 0.923. The predicted molar refractivity (Wildman–Crippen MR) is 73.3 cm³/mol. The summed E-state index contributed by atoms with van der Waals surface area (Å²) in [6.07, 6.45) is 6.42. The van der Waals surface area contributed by atoms with Crippen LogP contribution in [0.1, 0.15) is 32.1 Å². The summed E-state index contributed by atoms with van der Waals surface area (Å²) in [7, 11) is 1.96. The monoisotopic (exact) mass is 256 g/mol. The van der Waals surface area contributed by atoms with E-state index < -0.39 is 0 Å². The standard InChI is InChI=1S/C13H24N2OS/c1-15(9-11-3-2-4-11)13(16)10-17-12-5-7-14-8-6-12/h11-12,14H,2-10H2,1H3. The van der Waals surface area contributed by atoms with E-state index in [1.807, 2.05) is 23.7 Å². The van der Waals surface area contributed by atoms with E-state index in [9.17, 15) is 4.79 Å². The lowest BCUT2D eigenvalue weighted by atomic mass is 9.85. The zero-order chi connectivity index (χ0) is 12.1. The summed E-state index contributed by atoms with van der Waals surface area (Å²) in [6.45, 7) is 3.21. The highest BCUT2D eigenvalue weighted by Gasteiger charge is 2.22. The fourth-order valence-electron chi connectivity index (χ4n) is 2.43. The number of thioether (sulfide) groups is 1. The molecular weight excluding hydrogens is 232 g/mol. The van der Waals surface area contributed by atoms with Gasteiger partial charge in [-0.3, -0.25) is 4.79 Å². The van der Waals surface area contributed by atoms with Crippen LogP contribution in [-0.4, -0.2) is 48.5 Å². The van der Waals surface area contributed by atoms with Gasteiger partial charge < -0.3 is 10.2 Å². The second kappa shape index (κ2) is 6.64. The largest absolute Gasteiger partial charge is 0.345 e. The van der Waals surface area contributed by atoms with Crippen LogP contribution in [0.15, 0.2) is 0 Å². The molecule has 2 fully saturated rings. The van der Waals surface area contributed by atoms with E-state index in [-0.39, 0.29) is 0 Å². The zero-order valence-electron chi connectivity index (χ0n) is 10.8. The number of carbonyl (C=O) groups excluding carboxylic acids is 1. The first-order valence-electron chi connectivity index (χ1n) is 6.82. The first-order chi connectivity index (χ1) is 8.25. The molecule has 1 saturated heterocycles. The van der Waals surface area contributed by atoms with Crippen molar-refractivity contribution in [1.29, 1.82) is 0 Å². The molecular formula is C13H24N2OS. The number of carbonyl (C=O) groups is 1. The van der Waals surface area contributed by atoms with Crippen molar-refractivity contribution in [3.05, 3.63) is 0 Å². The molecule has 1 amide bonds. The van der Waals surface area contributed by atoms with Crippen molar-refractivity contribution in [2.24, 2.45) is 5.92 Å². The molecule has 2 rings (SSSR count). The molecule has 0 spiro atoms. The average Bonchev–Trinajstić information content (AvgIpc) is 2.32. The van der Waals surface area contributed by atoms with Crippen molar-refractivity contribution < 1.29 is 4.79 Å². The maximum absolute atomic E-state index is 12.0. The first kappa shape index (κ1) is 13.2. The molecule has 17 heavy (non-hydrogen) atoms. The Morgan fingerprint density at radius 3 is 2.59 bits per heavy atom. The molecule has 0 aromatic heterocycles. The van der Waals surface area contributed by atoms with E-state index >= 15 is 0 Å². The summed E-state index contributed by atoms with van der Waals surface area (Å²) >= 11 is 1.86. The molecule has 3 nitrogen and oxygen atoms in total. The van der Waals surface area contributed by atoms with Gasteiger partial charge in [-0.15, -0.1) is 11.8 Å². The summed E-state index contributed by atoms with van der Waals surface area (Å²) in [4.78, 5) is 13.9. The van der Waals surface area contributed by atoms with Crippen molar-refractivity contribution in [1.82, 2.24) is 10.2 Å². The molecule has 98 valence electrons. The molecule has 0 aromatic carbocycles. The molecule has 1 saturated carbocycles. The number of piperidine rings is 1. The minimum Gasteiger partial charge on any atom is -0.345 e. The van der Waals surface area contributed by atoms with E-state index in [1.165, 1.54) is 32.1 Å². The molecule has 1 heterocycles. The van der Waals surface area contributed by atoms with E-state index in [0.717, 1.165) is 25.6 Å². The van der Waals surface area contributed by atoms with E-state index in [0.29, 0.717) is 16.9 Å². The van der Waals surface area contributed by atoms with Gasteiger partial charge >= 0.3 is 0 Å². The summed E-state index contributed by atoms with van der Waals surface area (Å²) in [5, 5.41) is 4.05. The van der Waals surface area contributed by atoms with Crippen LogP contribution < -0.4 is 5.32 Å². The van der Waals surface area contributed by atoms with Crippen LogP contribution in [0, 0.1) is 5.92 Å². The minimum atomic E-state index is 0.320. The Morgan fingerprint density at radius 2 is 2.00 bits per heavy atom. The Bertz CT molecular complexity index is 250. The van der Waals surface area contributed by atoms with Gasteiger partial charge in [0.05, 0.1) is 5.75 Å². The van der Waals surface area contributed by atoms with Gasteiger partial charge in [-0.2, -0.15) is 0 Å². The van der Waals surface area contributed by atoms with Gasteiger partial charge in [-0.05, 0) is 44.7 Å². The Labute approximate surface area is 109 Å². The van der Waals surface area contributed by atoms with Crippen molar-refractivity contribution >= 4 is 17.7 Å². The van der Waals surface area contributed by atoms with Crippen molar-refractivity contribution in [3.63, 3.8) is 0 Å². The van der Waals surface area contributed by atoms with Gasteiger partial charge in [0.25, 0.3) is 0 Å². The number of hydrogen-bond acceptors (Lipinski definition) is 3. The van der Waals surface area contributed by atoms with Crippen LogP contribution in [0.4, 0.5) is 0 Å². The summed E-state index contributed by atoms with van der Waals surface area (Å²) < 4.78 is 0. The van der Waals surface area contributed by atoms with Crippen LogP contribution in [0.5, 0.6) is 0 Å². The number of amides is 1. The third-order valence-electron chi connectivity index (χ3n) is 3.91. The second-order valence-electron chi connectivity index (χ2n) is 5.33. The Hall–Kier alpha value is -0.220. The van der Waals surface area contributed by atoms with Crippen LogP contribution in [0.2, 0.25) is 0 Å². The molecule has 4 heteroatoms. The average molecular weight is 256 g/mol.